The van der Waals surface area contributed by atoms with Crippen molar-refractivity contribution in [3.05, 3.63) is 43.0 Å². The van der Waals surface area contributed by atoms with E-state index in [2.05, 4.69) is 22.6 Å². The third kappa shape index (κ3) is 2.46. The van der Waals surface area contributed by atoms with Crippen molar-refractivity contribution in [3.63, 3.8) is 0 Å². The molecule has 0 saturated heterocycles. The smallest absolute Gasteiger partial charge is 0.166 e. The Hall–Kier alpha value is -0.0900. The van der Waals surface area contributed by atoms with Crippen molar-refractivity contribution in [2.45, 2.75) is 6.18 Å². The van der Waals surface area contributed by atoms with Gasteiger partial charge in [-0.25, -0.2) is 0 Å². The molecule has 19 heavy (non-hydrogen) atoms. The summed E-state index contributed by atoms with van der Waals surface area (Å²) in [5.74, 6) is 0. The number of alkyl halides is 3. The first-order valence-corrected chi connectivity index (χ1v) is 8.22. The highest BCUT2D eigenvalue weighted by Gasteiger charge is 2.33. The number of rotatable bonds is 0. The minimum absolute atomic E-state index is 0.249. The monoisotopic (exact) mass is 504 g/mol. The van der Waals surface area contributed by atoms with Gasteiger partial charge in [-0.05, 0) is 69.4 Å². The Bertz CT molecular complexity index is 790. The van der Waals surface area contributed by atoms with Crippen molar-refractivity contribution in [2.75, 3.05) is 0 Å². The van der Waals surface area contributed by atoms with E-state index in [1.54, 1.807) is 28.7 Å². The quantitative estimate of drug-likeness (QED) is 0.317. The summed E-state index contributed by atoms with van der Waals surface area (Å²) in [6.45, 7) is 0. The molecule has 0 unspecified atom stereocenters. The predicted molar refractivity (Wildman–Crippen MR) is 89.8 cm³/mol. The Labute approximate surface area is 138 Å². The number of thiophene rings is 1. The van der Waals surface area contributed by atoms with Crippen LogP contribution in [0.15, 0.2) is 30.3 Å². The Morgan fingerprint density at radius 3 is 2.26 bits per heavy atom. The predicted octanol–water partition coefficient (Wildman–Crippen LogP) is 6.28. The number of halogens is 5. The summed E-state index contributed by atoms with van der Waals surface area (Å²) < 4.78 is 42.1. The molecule has 0 saturated carbocycles. The molecule has 98 valence electrons. The fraction of sp³-hybridized carbons (Fsp3) is 0.0769. The molecule has 3 rings (SSSR count). The van der Waals surface area contributed by atoms with Crippen LogP contribution in [0.4, 0.5) is 13.2 Å². The molecule has 0 bridgehead atoms. The van der Waals surface area contributed by atoms with Crippen LogP contribution in [0.25, 0.3) is 20.2 Å². The second-order valence-electron chi connectivity index (χ2n) is 4.07. The lowest BCUT2D eigenvalue weighted by molar-refractivity contribution is -0.138. The summed E-state index contributed by atoms with van der Waals surface area (Å²) in [6.07, 6.45) is -4.30. The van der Waals surface area contributed by atoms with E-state index in [4.69, 9.17) is 0 Å². The van der Waals surface area contributed by atoms with Crippen LogP contribution < -0.4 is 0 Å². The van der Waals surface area contributed by atoms with Crippen LogP contribution in [0, 0.1) is 7.14 Å². The van der Waals surface area contributed by atoms with Crippen molar-refractivity contribution in [3.8, 4) is 0 Å². The minimum Gasteiger partial charge on any atom is -0.166 e. The van der Waals surface area contributed by atoms with Crippen molar-refractivity contribution >= 4 is 76.7 Å². The number of benzene rings is 2. The molecule has 0 fully saturated rings. The minimum atomic E-state index is -4.30. The second kappa shape index (κ2) is 4.73. The Balaban J connectivity index is 2.41. The van der Waals surface area contributed by atoms with Gasteiger partial charge in [0.15, 0.2) is 0 Å². The maximum Gasteiger partial charge on any atom is 0.417 e. The van der Waals surface area contributed by atoms with Gasteiger partial charge in [0.25, 0.3) is 0 Å². The molecule has 1 aromatic heterocycles. The van der Waals surface area contributed by atoms with Gasteiger partial charge in [-0.2, -0.15) is 13.2 Å². The molecule has 0 nitrogen and oxygen atoms in total. The molecule has 0 aliphatic rings. The molecule has 0 N–H and O–H groups in total. The van der Waals surface area contributed by atoms with Gasteiger partial charge < -0.3 is 0 Å². The first-order chi connectivity index (χ1) is 8.86. The highest BCUT2D eigenvalue weighted by Crippen LogP contribution is 2.40. The van der Waals surface area contributed by atoms with E-state index in [-0.39, 0.29) is 3.57 Å². The average molecular weight is 504 g/mol. The maximum absolute atomic E-state index is 12.9. The maximum atomic E-state index is 12.9. The zero-order valence-corrected chi connectivity index (χ0v) is 14.3. The first kappa shape index (κ1) is 13.9. The Kier molecular flexibility index (Phi) is 3.45. The van der Waals surface area contributed by atoms with Gasteiger partial charge in [0, 0.05) is 27.3 Å². The van der Waals surface area contributed by atoms with Gasteiger partial charge in [0.1, 0.15) is 0 Å². The van der Waals surface area contributed by atoms with Crippen molar-refractivity contribution in [1.29, 1.82) is 0 Å². The van der Waals surface area contributed by atoms with Gasteiger partial charge in [-0.1, -0.05) is 6.07 Å². The van der Waals surface area contributed by atoms with Crippen LogP contribution in [0.1, 0.15) is 5.56 Å². The van der Waals surface area contributed by atoms with Crippen molar-refractivity contribution in [2.24, 2.45) is 0 Å². The van der Waals surface area contributed by atoms with E-state index < -0.39 is 11.7 Å². The lowest BCUT2D eigenvalue weighted by Crippen LogP contribution is -2.06. The highest BCUT2D eigenvalue weighted by molar-refractivity contribution is 14.1. The summed E-state index contributed by atoms with van der Waals surface area (Å²) >= 11 is 5.49. The largest absolute Gasteiger partial charge is 0.417 e. The van der Waals surface area contributed by atoms with Crippen molar-refractivity contribution < 1.29 is 13.2 Å². The molecule has 0 spiro atoms. The zero-order chi connectivity index (χ0) is 13.8. The molecule has 0 radical (unpaired) electrons. The lowest BCUT2D eigenvalue weighted by Gasteiger charge is -2.09. The molecule has 1 heterocycles. The summed E-state index contributed by atoms with van der Waals surface area (Å²) in [6, 6.07) is 8.70. The van der Waals surface area contributed by atoms with Gasteiger partial charge >= 0.3 is 6.18 Å². The topological polar surface area (TPSA) is 0 Å². The van der Waals surface area contributed by atoms with Crippen LogP contribution in [0.3, 0.4) is 0 Å². The first-order valence-electron chi connectivity index (χ1n) is 5.25. The number of hydrogen-bond donors (Lipinski definition) is 0. The zero-order valence-electron chi connectivity index (χ0n) is 9.18. The third-order valence-electron chi connectivity index (χ3n) is 2.83. The molecule has 0 aliphatic carbocycles. The normalized spacial score (nSPS) is 12.5. The lowest BCUT2D eigenvalue weighted by atomic mass is 10.1. The third-order valence-corrected chi connectivity index (χ3v) is 5.51. The van der Waals surface area contributed by atoms with E-state index in [1.807, 2.05) is 18.2 Å². The van der Waals surface area contributed by atoms with Gasteiger partial charge in [0.05, 0.1) is 5.56 Å². The van der Waals surface area contributed by atoms with E-state index in [0.29, 0.717) is 5.39 Å². The SMILES string of the molecule is FC(F)(F)c1cc2c(cc1I)sc1cc(I)ccc12. The molecule has 6 heteroatoms. The molecule has 0 aliphatic heterocycles. The van der Waals surface area contributed by atoms with Crippen LogP contribution in [0.2, 0.25) is 0 Å². The van der Waals surface area contributed by atoms with Crippen LogP contribution in [-0.2, 0) is 6.18 Å². The van der Waals surface area contributed by atoms with Crippen LogP contribution >= 0.6 is 56.5 Å². The standard InChI is InChI=1S/C13H5F3I2S/c14-13(15,16)9-4-8-7-2-1-6(17)3-11(7)19-12(8)5-10(9)18/h1-5H. The van der Waals surface area contributed by atoms with E-state index in [9.17, 15) is 13.2 Å². The highest BCUT2D eigenvalue weighted by atomic mass is 127. The summed E-state index contributed by atoms with van der Waals surface area (Å²) in [4.78, 5) is 0. The van der Waals surface area contributed by atoms with E-state index in [1.165, 1.54) is 17.4 Å². The van der Waals surface area contributed by atoms with Gasteiger partial charge in [-0.15, -0.1) is 11.3 Å². The summed E-state index contributed by atoms with van der Waals surface area (Å²) in [5, 5.41) is 1.58. The number of fused-ring (bicyclic) bond motifs is 3. The van der Waals surface area contributed by atoms with Crippen LogP contribution in [0.5, 0.6) is 0 Å². The van der Waals surface area contributed by atoms with E-state index >= 15 is 0 Å². The molecular formula is C13H5F3I2S. The van der Waals surface area contributed by atoms with Gasteiger partial charge in [-0.3, -0.25) is 0 Å². The number of hydrogen-bond acceptors (Lipinski definition) is 1. The van der Waals surface area contributed by atoms with Crippen molar-refractivity contribution in [1.82, 2.24) is 0 Å². The van der Waals surface area contributed by atoms with E-state index in [0.717, 1.165) is 18.4 Å². The molecule has 0 amide bonds. The van der Waals surface area contributed by atoms with Crippen LogP contribution in [-0.4, -0.2) is 0 Å². The fourth-order valence-corrected chi connectivity index (χ4v) is 4.84. The average Bonchev–Trinajstić information content (AvgIpc) is 2.62. The summed E-state index contributed by atoms with van der Waals surface area (Å²) in [7, 11) is 0. The molecular weight excluding hydrogens is 499 g/mol. The van der Waals surface area contributed by atoms with Gasteiger partial charge in [0.2, 0.25) is 0 Å². The fourth-order valence-electron chi connectivity index (χ4n) is 1.99. The summed E-state index contributed by atoms with van der Waals surface area (Å²) in [5.41, 5.74) is -0.557. The molecule has 0 atom stereocenters. The Morgan fingerprint density at radius 1 is 0.895 bits per heavy atom. The second-order valence-corrected chi connectivity index (χ2v) is 7.56. The molecule has 2 aromatic carbocycles. The molecule has 3 aromatic rings. The Morgan fingerprint density at radius 2 is 1.58 bits per heavy atom.